The number of hydrogen-bond donors (Lipinski definition) is 4. The third kappa shape index (κ3) is 16.0. The molecule has 1 aliphatic heterocycles. The summed E-state index contributed by atoms with van der Waals surface area (Å²) in [5.74, 6) is -0.385. The van der Waals surface area contributed by atoms with Crippen LogP contribution in [0.4, 0.5) is 0 Å². The Balaban J connectivity index is 0.000000362. The Morgan fingerprint density at radius 1 is 0.860 bits per heavy atom. The number of ketones is 1. The summed E-state index contributed by atoms with van der Waals surface area (Å²) in [6.45, 7) is 13.7. The van der Waals surface area contributed by atoms with E-state index < -0.39 is 29.6 Å². The lowest BCUT2D eigenvalue weighted by Gasteiger charge is -2.20. The number of nitrogens with two attached hydrogens (primary N) is 2. The first-order valence-electron chi connectivity index (χ1n) is 15.0. The normalized spacial score (nSPS) is 17.3. The molecule has 9 heteroatoms. The van der Waals surface area contributed by atoms with Gasteiger partial charge in [0.1, 0.15) is 11.6 Å². The van der Waals surface area contributed by atoms with Crippen molar-refractivity contribution in [3.8, 4) is 0 Å². The van der Waals surface area contributed by atoms with Gasteiger partial charge in [0.05, 0.1) is 18.7 Å². The van der Waals surface area contributed by atoms with E-state index in [2.05, 4.69) is 29.7 Å². The number of aryl methyl sites for hydroxylation is 2. The van der Waals surface area contributed by atoms with Gasteiger partial charge in [-0.3, -0.25) is 19.2 Å². The van der Waals surface area contributed by atoms with E-state index in [0.29, 0.717) is 31.8 Å². The van der Waals surface area contributed by atoms with Crippen LogP contribution in [-0.2, 0) is 30.3 Å². The van der Waals surface area contributed by atoms with Crippen molar-refractivity contribution in [3.05, 3.63) is 71.8 Å². The van der Waals surface area contributed by atoms with Crippen LogP contribution in [0.25, 0.3) is 0 Å². The van der Waals surface area contributed by atoms with E-state index in [4.69, 9.17) is 16.2 Å². The maximum atomic E-state index is 12.0. The molecule has 3 rings (SSSR count). The van der Waals surface area contributed by atoms with Gasteiger partial charge in [-0.25, -0.2) is 0 Å². The highest BCUT2D eigenvalue weighted by molar-refractivity contribution is 5.96. The summed E-state index contributed by atoms with van der Waals surface area (Å²) in [7, 11) is 0. The van der Waals surface area contributed by atoms with Crippen LogP contribution >= 0.6 is 0 Å². The summed E-state index contributed by atoms with van der Waals surface area (Å²) >= 11 is 0. The predicted molar refractivity (Wildman–Crippen MR) is 171 cm³/mol. The second-order valence-corrected chi connectivity index (χ2v) is 12.1. The maximum absolute atomic E-state index is 12.0. The summed E-state index contributed by atoms with van der Waals surface area (Å²) in [4.78, 5) is 46.3. The zero-order valence-corrected chi connectivity index (χ0v) is 26.9. The van der Waals surface area contributed by atoms with Crippen LogP contribution in [0.2, 0.25) is 0 Å². The molecule has 1 heterocycles. The number of amides is 3. The van der Waals surface area contributed by atoms with E-state index in [-0.39, 0.29) is 23.5 Å². The van der Waals surface area contributed by atoms with Gasteiger partial charge in [-0.05, 0) is 56.9 Å². The van der Waals surface area contributed by atoms with E-state index in [1.807, 2.05) is 76.2 Å². The number of Topliss-reactive ketones (excluding diaryl/α,β-unsaturated/α-hetero) is 1. The number of rotatable bonds is 13. The minimum absolute atomic E-state index is 0.00796. The van der Waals surface area contributed by atoms with Crippen LogP contribution in [0, 0.1) is 18.8 Å². The smallest absolute Gasteiger partial charge is 0.240 e. The first-order chi connectivity index (χ1) is 20.1. The Kier molecular flexibility index (Phi) is 16.4. The number of carbonyl (C=O) groups is 4. The molecule has 4 atom stereocenters. The zero-order chi connectivity index (χ0) is 32.6. The molecular formula is C34H52N4O5. The highest BCUT2D eigenvalue weighted by Gasteiger charge is 2.49. The van der Waals surface area contributed by atoms with Gasteiger partial charge in [0.2, 0.25) is 17.7 Å². The first-order valence-corrected chi connectivity index (χ1v) is 15.0. The average Bonchev–Trinajstić information content (AvgIpc) is 3.69. The van der Waals surface area contributed by atoms with E-state index in [0.717, 1.165) is 12.0 Å². The van der Waals surface area contributed by atoms with Crippen LogP contribution in [0.1, 0.15) is 71.9 Å². The Labute approximate surface area is 257 Å². The summed E-state index contributed by atoms with van der Waals surface area (Å²) < 4.78 is 5.10. The molecule has 3 amide bonds. The maximum Gasteiger partial charge on any atom is 0.240 e. The van der Waals surface area contributed by atoms with E-state index in [9.17, 15) is 19.2 Å². The topological polar surface area (TPSA) is 157 Å². The van der Waals surface area contributed by atoms with Crippen molar-refractivity contribution < 1.29 is 23.9 Å². The van der Waals surface area contributed by atoms with Gasteiger partial charge in [0, 0.05) is 6.92 Å². The lowest BCUT2D eigenvalue weighted by molar-refractivity contribution is -0.130. The summed E-state index contributed by atoms with van der Waals surface area (Å²) in [6.07, 6.45) is 2.44. The van der Waals surface area contributed by atoms with Crippen molar-refractivity contribution in [3.63, 3.8) is 0 Å². The third-order valence-electron chi connectivity index (χ3n) is 6.73. The zero-order valence-electron chi connectivity index (χ0n) is 26.9. The van der Waals surface area contributed by atoms with Crippen molar-refractivity contribution in [1.29, 1.82) is 0 Å². The summed E-state index contributed by atoms with van der Waals surface area (Å²) in [6, 6.07) is 18.4. The standard InChI is InChI=1S/C16H25N3O2.C11H19NO3.C7H8/c1-11(2)10-14(15(18)20)19-16(21)13(17)9-8-12-6-4-3-5-7-12;1-7(2)5-9(12-8(3)13)10(14)11(4)6-15-11;1-7-5-3-2-4-6-7/h3-7,11,13-14H,8-10,17H2,1-2H3,(H2,18,20)(H,19,21);7,9H,5-6H2,1-4H3,(H,12,13);2-6H,1H3/t13-,14?;;/m0../s1. The third-order valence-corrected chi connectivity index (χ3v) is 6.73. The molecule has 0 bridgehead atoms. The number of nitrogens with one attached hydrogen (secondary N) is 2. The molecule has 9 nitrogen and oxygen atoms in total. The number of primary amides is 1. The Hall–Kier alpha value is -3.56. The molecule has 238 valence electrons. The average molecular weight is 597 g/mol. The van der Waals surface area contributed by atoms with Crippen molar-refractivity contribution in [1.82, 2.24) is 10.6 Å². The number of ether oxygens (including phenoxy) is 1. The Morgan fingerprint density at radius 2 is 1.35 bits per heavy atom. The second-order valence-electron chi connectivity index (χ2n) is 12.1. The lowest BCUT2D eigenvalue weighted by atomic mass is 9.93. The molecule has 0 aliphatic carbocycles. The van der Waals surface area contributed by atoms with Gasteiger partial charge in [-0.1, -0.05) is 93.9 Å². The van der Waals surface area contributed by atoms with E-state index in [1.54, 1.807) is 6.92 Å². The molecule has 1 saturated heterocycles. The van der Waals surface area contributed by atoms with Crippen LogP contribution in [0.15, 0.2) is 60.7 Å². The lowest BCUT2D eigenvalue weighted by Crippen LogP contribution is -2.50. The minimum Gasteiger partial charge on any atom is -0.368 e. The van der Waals surface area contributed by atoms with Crippen molar-refractivity contribution in [2.24, 2.45) is 23.3 Å². The van der Waals surface area contributed by atoms with Gasteiger partial charge in [0.25, 0.3) is 0 Å². The van der Waals surface area contributed by atoms with Gasteiger partial charge < -0.3 is 26.8 Å². The molecule has 6 N–H and O–H groups in total. The van der Waals surface area contributed by atoms with Crippen LogP contribution < -0.4 is 22.1 Å². The van der Waals surface area contributed by atoms with Crippen LogP contribution in [0.3, 0.4) is 0 Å². The molecule has 0 aromatic heterocycles. The molecule has 1 fully saturated rings. The highest BCUT2D eigenvalue weighted by atomic mass is 16.6. The van der Waals surface area contributed by atoms with E-state index >= 15 is 0 Å². The van der Waals surface area contributed by atoms with Gasteiger partial charge in [-0.15, -0.1) is 0 Å². The number of epoxide rings is 1. The SMILES string of the molecule is CC(=O)NC(CC(C)C)C(=O)C1(C)CO1.CC(C)CC(NC(=O)[C@@H](N)CCc1ccccc1)C(N)=O.Cc1ccccc1. The van der Waals surface area contributed by atoms with Gasteiger partial charge in [-0.2, -0.15) is 0 Å². The summed E-state index contributed by atoms with van der Waals surface area (Å²) in [5.41, 5.74) is 13.0. The molecule has 3 unspecified atom stereocenters. The molecule has 2 aromatic rings. The minimum atomic E-state index is -0.653. The summed E-state index contributed by atoms with van der Waals surface area (Å²) in [5, 5.41) is 5.33. The molecule has 1 aliphatic rings. The Bertz CT molecular complexity index is 1130. The largest absolute Gasteiger partial charge is 0.368 e. The number of carbonyl (C=O) groups excluding carboxylic acids is 4. The highest BCUT2D eigenvalue weighted by Crippen LogP contribution is 2.29. The predicted octanol–water partition coefficient (Wildman–Crippen LogP) is 3.85. The van der Waals surface area contributed by atoms with Gasteiger partial charge in [0.15, 0.2) is 5.78 Å². The Morgan fingerprint density at radius 3 is 1.74 bits per heavy atom. The molecule has 2 aromatic carbocycles. The fraction of sp³-hybridized carbons (Fsp3) is 0.529. The molecular weight excluding hydrogens is 544 g/mol. The number of benzene rings is 2. The van der Waals surface area contributed by atoms with Crippen LogP contribution in [-0.4, -0.2) is 53.8 Å². The quantitative estimate of drug-likeness (QED) is 0.257. The van der Waals surface area contributed by atoms with Crippen molar-refractivity contribution >= 4 is 23.5 Å². The molecule has 0 radical (unpaired) electrons. The molecule has 0 saturated carbocycles. The molecule has 43 heavy (non-hydrogen) atoms. The fourth-order valence-electron chi connectivity index (χ4n) is 4.20. The molecule has 0 spiro atoms. The monoisotopic (exact) mass is 596 g/mol. The first kappa shape index (κ1) is 37.5. The van der Waals surface area contributed by atoms with Crippen LogP contribution in [0.5, 0.6) is 0 Å². The van der Waals surface area contributed by atoms with E-state index in [1.165, 1.54) is 12.5 Å². The van der Waals surface area contributed by atoms with Crippen molar-refractivity contribution in [2.45, 2.75) is 97.9 Å². The van der Waals surface area contributed by atoms with Gasteiger partial charge >= 0.3 is 0 Å². The number of hydrogen-bond acceptors (Lipinski definition) is 6. The van der Waals surface area contributed by atoms with Crippen molar-refractivity contribution in [2.75, 3.05) is 6.61 Å². The second kappa shape index (κ2) is 18.9. The fourth-order valence-corrected chi connectivity index (χ4v) is 4.20.